The number of anilines is 1. The predicted octanol–water partition coefficient (Wildman–Crippen LogP) is 5.22. The Kier molecular flexibility index (Phi) is 8.24. The minimum Gasteiger partial charge on any atom is -0.507 e. The standard InChI is InChI=1S/C26H25ClN6O2S/c1-3-13-33-24(16-28-22-10-6-8-18-7-4-5-9-21(18)22)30-32-26(33)36-17(2)25(35)31-29-15-19-14-20(27)11-12-23(19)34/h3-12,14-15,17,28,34H,1,13,16H2,2H3,(H,31,35). The first-order chi connectivity index (χ1) is 17.5. The second-order valence-electron chi connectivity index (χ2n) is 7.88. The van der Waals surface area contributed by atoms with Gasteiger partial charge in [-0.2, -0.15) is 5.10 Å². The second-order valence-corrected chi connectivity index (χ2v) is 9.62. The van der Waals surface area contributed by atoms with Gasteiger partial charge in [-0.25, -0.2) is 5.43 Å². The largest absolute Gasteiger partial charge is 0.507 e. The molecule has 4 aromatic rings. The molecular formula is C26H25ClN6O2S. The molecule has 36 heavy (non-hydrogen) atoms. The molecule has 3 N–H and O–H groups in total. The Hall–Kier alpha value is -3.82. The average Bonchev–Trinajstić information content (AvgIpc) is 3.25. The fourth-order valence-electron chi connectivity index (χ4n) is 3.50. The van der Waals surface area contributed by atoms with E-state index in [1.165, 1.54) is 24.0 Å². The molecule has 0 saturated heterocycles. The van der Waals surface area contributed by atoms with Crippen LogP contribution in [0.25, 0.3) is 10.8 Å². The van der Waals surface area contributed by atoms with E-state index in [0.717, 1.165) is 22.3 Å². The first kappa shape index (κ1) is 25.3. The molecule has 8 nitrogen and oxygen atoms in total. The quantitative estimate of drug-likeness (QED) is 0.115. The van der Waals surface area contributed by atoms with Crippen LogP contribution in [0.2, 0.25) is 5.02 Å². The fraction of sp³-hybridized carbons (Fsp3) is 0.154. The van der Waals surface area contributed by atoms with E-state index in [0.29, 0.717) is 28.8 Å². The van der Waals surface area contributed by atoms with Crippen molar-refractivity contribution in [2.75, 3.05) is 5.32 Å². The number of phenolic OH excluding ortho intramolecular Hbond substituents is 1. The van der Waals surface area contributed by atoms with E-state index >= 15 is 0 Å². The highest BCUT2D eigenvalue weighted by atomic mass is 35.5. The topological polar surface area (TPSA) is 104 Å². The molecule has 10 heteroatoms. The number of allylic oxidation sites excluding steroid dienone is 1. The highest BCUT2D eigenvalue weighted by Gasteiger charge is 2.20. The Bertz CT molecular complexity index is 1420. The van der Waals surface area contributed by atoms with Crippen molar-refractivity contribution in [1.82, 2.24) is 20.2 Å². The third kappa shape index (κ3) is 6.05. The van der Waals surface area contributed by atoms with Crippen molar-refractivity contribution >= 4 is 51.9 Å². The predicted molar refractivity (Wildman–Crippen MR) is 146 cm³/mol. The van der Waals surface area contributed by atoms with Crippen molar-refractivity contribution in [2.45, 2.75) is 30.4 Å². The lowest BCUT2D eigenvalue weighted by atomic mass is 10.1. The molecular weight excluding hydrogens is 496 g/mol. The molecule has 0 aliphatic carbocycles. The summed E-state index contributed by atoms with van der Waals surface area (Å²) in [5.74, 6) is 0.427. The lowest BCUT2D eigenvalue weighted by Crippen LogP contribution is -2.27. The van der Waals surface area contributed by atoms with Crippen LogP contribution in [-0.4, -0.2) is 37.2 Å². The number of fused-ring (bicyclic) bond motifs is 1. The van der Waals surface area contributed by atoms with Crippen LogP contribution in [0.4, 0.5) is 5.69 Å². The molecule has 0 saturated carbocycles. The third-order valence-electron chi connectivity index (χ3n) is 5.35. The lowest BCUT2D eigenvalue weighted by Gasteiger charge is -2.13. The van der Waals surface area contributed by atoms with E-state index in [2.05, 4.69) is 50.8 Å². The zero-order valence-corrected chi connectivity index (χ0v) is 21.1. The van der Waals surface area contributed by atoms with Crippen LogP contribution in [0.5, 0.6) is 5.75 Å². The number of benzene rings is 3. The smallest absolute Gasteiger partial charge is 0.253 e. The number of hydrazone groups is 1. The third-order valence-corrected chi connectivity index (χ3v) is 6.67. The van der Waals surface area contributed by atoms with Gasteiger partial charge in [-0.15, -0.1) is 16.8 Å². The highest BCUT2D eigenvalue weighted by Crippen LogP contribution is 2.26. The number of hydrogen-bond acceptors (Lipinski definition) is 7. The fourth-order valence-corrected chi connectivity index (χ4v) is 4.55. The number of amides is 1. The summed E-state index contributed by atoms with van der Waals surface area (Å²) in [5.41, 5.74) is 3.89. The number of aromatic nitrogens is 3. The van der Waals surface area contributed by atoms with Crippen LogP contribution in [0.3, 0.4) is 0 Å². The monoisotopic (exact) mass is 520 g/mol. The summed E-state index contributed by atoms with van der Waals surface area (Å²) in [7, 11) is 0. The summed E-state index contributed by atoms with van der Waals surface area (Å²) in [6, 6.07) is 18.9. The van der Waals surface area contributed by atoms with Crippen molar-refractivity contribution < 1.29 is 9.90 Å². The number of nitrogens with zero attached hydrogens (tertiary/aromatic N) is 4. The molecule has 0 spiro atoms. The molecule has 1 heterocycles. The summed E-state index contributed by atoms with van der Waals surface area (Å²) < 4.78 is 1.92. The summed E-state index contributed by atoms with van der Waals surface area (Å²) in [6.45, 7) is 6.56. The van der Waals surface area contributed by atoms with E-state index < -0.39 is 5.25 Å². The Morgan fingerprint density at radius 2 is 2.03 bits per heavy atom. The number of hydrogen-bond donors (Lipinski definition) is 3. The van der Waals surface area contributed by atoms with Gasteiger partial charge < -0.3 is 15.0 Å². The van der Waals surface area contributed by atoms with Gasteiger partial charge >= 0.3 is 0 Å². The molecule has 1 aromatic heterocycles. The number of rotatable bonds is 10. The summed E-state index contributed by atoms with van der Waals surface area (Å²) >= 11 is 7.21. The molecule has 4 rings (SSSR count). The molecule has 0 fully saturated rings. The Labute approximate surface area is 218 Å². The van der Waals surface area contributed by atoms with Gasteiger partial charge in [-0.1, -0.05) is 65.8 Å². The number of carbonyl (C=O) groups excluding carboxylic acids is 1. The molecule has 0 aliphatic heterocycles. The molecule has 3 aromatic carbocycles. The van der Waals surface area contributed by atoms with E-state index in [-0.39, 0.29) is 11.7 Å². The van der Waals surface area contributed by atoms with Crippen molar-refractivity contribution in [3.63, 3.8) is 0 Å². The maximum atomic E-state index is 12.6. The van der Waals surface area contributed by atoms with Gasteiger partial charge in [-0.05, 0) is 36.6 Å². The van der Waals surface area contributed by atoms with Crippen LogP contribution in [0, 0.1) is 0 Å². The molecule has 0 aliphatic rings. The first-order valence-corrected chi connectivity index (χ1v) is 12.4. The van der Waals surface area contributed by atoms with Gasteiger partial charge in [0, 0.05) is 28.2 Å². The number of thioether (sulfide) groups is 1. The molecule has 0 bridgehead atoms. The number of aromatic hydroxyl groups is 1. The van der Waals surface area contributed by atoms with Crippen molar-refractivity contribution in [2.24, 2.45) is 5.10 Å². The number of nitrogens with one attached hydrogen (secondary N) is 2. The van der Waals surface area contributed by atoms with Crippen molar-refractivity contribution in [1.29, 1.82) is 0 Å². The van der Waals surface area contributed by atoms with E-state index in [1.807, 2.05) is 28.8 Å². The minimum atomic E-state index is -0.498. The van der Waals surface area contributed by atoms with E-state index in [1.54, 1.807) is 25.1 Å². The van der Waals surface area contributed by atoms with Gasteiger partial charge in [0.25, 0.3) is 5.91 Å². The van der Waals surface area contributed by atoms with Crippen LogP contribution in [0.1, 0.15) is 18.3 Å². The first-order valence-electron chi connectivity index (χ1n) is 11.2. The van der Waals surface area contributed by atoms with E-state index in [9.17, 15) is 9.90 Å². The SMILES string of the molecule is C=CCn1c(CNc2cccc3ccccc23)nnc1SC(C)C(=O)NN=Cc1cc(Cl)ccc1O. The normalized spacial score (nSPS) is 12.1. The van der Waals surface area contributed by atoms with Gasteiger partial charge in [0.15, 0.2) is 11.0 Å². The van der Waals surface area contributed by atoms with Gasteiger partial charge in [0.05, 0.1) is 18.0 Å². The summed E-state index contributed by atoms with van der Waals surface area (Å²) in [6.07, 6.45) is 3.11. The maximum Gasteiger partial charge on any atom is 0.253 e. The minimum absolute atomic E-state index is 0.0157. The summed E-state index contributed by atoms with van der Waals surface area (Å²) in [5, 5.41) is 28.7. The van der Waals surface area contributed by atoms with Crippen LogP contribution in [-0.2, 0) is 17.9 Å². The maximum absolute atomic E-state index is 12.6. The van der Waals surface area contributed by atoms with Crippen molar-refractivity contribution in [3.05, 3.63) is 89.7 Å². The number of carbonyl (C=O) groups is 1. The lowest BCUT2D eigenvalue weighted by molar-refractivity contribution is -0.120. The Morgan fingerprint density at radius 1 is 1.22 bits per heavy atom. The van der Waals surface area contributed by atoms with E-state index in [4.69, 9.17) is 11.6 Å². The number of halogens is 1. The molecule has 1 amide bonds. The highest BCUT2D eigenvalue weighted by molar-refractivity contribution is 8.00. The van der Waals surface area contributed by atoms with Crippen LogP contribution in [0.15, 0.2) is 83.6 Å². The Balaban J connectivity index is 1.41. The van der Waals surface area contributed by atoms with Gasteiger partial charge in [0.1, 0.15) is 5.75 Å². The zero-order chi connectivity index (χ0) is 25.5. The second kappa shape index (κ2) is 11.7. The van der Waals surface area contributed by atoms with Gasteiger partial charge in [-0.3, -0.25) is 4.79 Å². The molecule has 1 atom stereocenters. The van der Waals surface area contributed by atoms with Crippen LogP contribution < -0.4 is 10.7 Å². The van der Waals surface area contributed by atoms with Crippen LogP contribution >= 0.6 is 23.4 Å². The van der Waals surface area contributed by atoms with Crippen molar-refractivity contribution in [3.8, 4) is 5.75 Å². The molecule has 0 radical (unpaired) electrons. The number of phenols is 1. The molecule has 184 valence electrons. The Morgan fingerprint density at radius 3 is 2.86 bits per heavy atom. The molecule has 1 unspecified atom stereocenters. The zero-order valence-electron chi connectivity index (χ0n) is 19.6. The summed E-state index contributed by atoms with van der Waals surface area (Å²) in [4.78, 5) is 12.6. The van der Waals surface area contributed by atoms with Gasteiger partial charge in [0.2, 0.25) is 0 Å². The average molecular weight is 521 g/mol.